The average Bonchev–Trinajstić information content (AvgIpc) is 2.40. The number of aliphatic hydroxyl groups excluding tert-OH is 2. The highest BCUT2D eigenvalue weighted by Gasteiger charge is 2.01. The summed E-state index contributed by atoms with van der Waals surface area (Å²) in [5, 5.41) is 17.8. The van der Waals surface area contributed by atoms with E-state index in [1.807, 2.05) is 0 Å². The fraction of sp³-hybridized carbons (Fsp3) is 1.00. The molecule has 0 aliphatic carbocycles. The van der Waals surface area contributed by atoms with Gasteiger partial charge in [0, 0.05) is 0 Å². The van der Waals surface area contributed by atoms with Crippen LogP contribution in [0.25, 0.3) is 0 Å². The van der Waals surface area contributed by atoms with Crippen LogP contribution in [-0.2, 0) is 18.9 Å². The van der Waals surface area contributed by atoms with Gasteiger partial charge in [0.1, 0.15) is 0 Å². The molecule has 0 heterocycles. The van der Waals surface area contributed by atoms with E-state index in [-0.39, 0.29) is 6.61 Å². The molecule has 1 atom stereocenters. The van der Waals surface area contributed by atoms with Crippen molar-refractivity contribution in [3.05, 3.63) is 0 Å². The summed E-state index contributed by atoms with van der Waals surface area (Å²) >= 11 is 0. The van der Waals surface area contributed by atoms with Crippen LogP contribution in [0.3, 0.4) is 0 Å². The van der Waals surface area contributed by atoms with E-state index in [1.165, 1.54) is 0 Å². The van der Waals surface area contributed by atoms with Crippen molar-refractivity contribution >= 4 is 0 Å². The Morgan fingerprint density at radius 2 is 1.26 bits per heavy atom. The number of ether oxygens (including phenoxy) is 4. The second-order valence-corrected chi connectivity index (χ2v) is 3.87. The zero-order valence-electron chi connectivity index (χ0n) is 11.5. The molecule has 0 aromatic heterocycles. The second kappa shape index (κ2) is 15.8. The number of rotatable bonds is 15. The van der Waals surface area contributed by atoms with Gasteiger partial charge in [-0.3, -0.25) is 0 Å². The molecule has 0 spiro atoms. The van der Waals surface area contributed by atoms with Crippen LogP contribution < -0.4 is 5.73 Å². The van der Waals surface area contributed by atoms with Crippen LogP contribution in [-0.4, -0.2) is 82.3 Å². The zero-order chi connectivity index (χ0) is 14.2. The fourth-order valence-electron chi connectivity index (χ4n) is 1.22. The Labute approximate surface area is 114 Å². The largest absolute Gasteiger partial charge is 0.394 e. The summed E-state index contributed by atoms with van der Waals surface area (Å²) in [6.07, 6.45) is 0.0554. The van der Waals surface area contributed by atoms with Gasteiger partial charge in [-0.05, 0) is 13.0 Å². The second-order valence-electron chi connectivity index (χ2n) is 3.87. The van der Waals surface area contributed by atoms with E-state index in [1.54, 1.807) is 0 Å². The molecule has 0 aliphatic rings. The molecule has 1 unspecified atom stereocenters. The molecule has 0 amide bonds. The van der Waals surface area contributed by atoms with Crippen LogP contribution in [0.1, 0.15) is 6.42 Å². The van der Waals surface area contributed by atoms with Crippen molar-refractivity contribution in [1.82, 2.24) is 0 Å². The number of nitrogens with two attached hydrogens (primary N) is 1. The number of hydrogen-bond acceptors (Lipinski definition) is 7. The van der Waals surface area contributed by atoms with Crippen molar-refractivity contribution in [2.75, 3.05) is 66.0 Å². The zero-order valence-corrected chi connectivity index (χ0v) is 11.5. The molecule has 0 bridgehead atoms. The van der Waals surface area contributed by atoms with Gasteiger partial charge in [-0.1, -0.05) is 0 Å². The van der Waals surface area contributed by atoms with Gasteiger partial charge in [0.2, 0.25) is 0 Å². The van der Waals surface area contributed by atoms with Gasteiger partial charge in [-0.25, -0.2) is 0 Å². The maximum atomic E-state index is 9.32. The minimum atomic E-state index is -0.493. The lowest BCUT2D eigenvalue weighted by molar-refractivity contribution is -0.0190. The van der Waals surface area contributed by atoms with Gasteiger partial charge in [0.05, 0.1) is 65.6 Å². The van der Waals surface area contributed by atoms with Crippen molar-refractivity contribution in [2.24, 2.45) is 5.73 Å². The summed E-state index contributed by atoms with van der Waals surface area (Å²) in [4.78, 5) is 0. The molecule has 0 rings (SSSR count). The topological polar surface area (TPSA) is 103 Å². The molecule has 7 heteroatoms. The summed E-state index contributed by atoms with van der Waals surface area (Å²) in [6.45, 7) is 4.00. The Kier molecular flexibility index (Phi) is 15.5. The third kappa shape index (κ3) is 15.7. The minimum absolute atomic E-state index is 0.0308. The van der Waals surface area contributed by atoms with Crippen molar-refractivity contribution < 1.29 is 29.2 Å². The maximum Gasteiger partial charge on any atom is 0.0785 e. The van der Waals surface area contributed by atoms with E-state index in [2.05, 4.69) is 0 Å². The SMILES string of the molecule is NCCC(O)COCCOCCOCCOCCO. The highest BCUT2D eigenvalue weighted by Crippen LogP contribution is 1.90. The van der Waals surface area contributed by atoms with E-state index in [0.717, 1.165) is 0 Å². The molecule has 0 aromatic rings. The first-order valence-corrected chi connectivity index (χ1v) is 6.61. The lowest BCUT2D eigenvalue weighted by Crippen LogP contribution is -2.21. The molecule has 0 saturated heterocycles. The minimum Gasteiger partial charge on any atom is -0.394 e. The summed E-state index contributed by atoms with van der Waals surface area (Å²) in [7, 11) is 0. The Morgan fingerprint density at radius 3 is 1.74 bits per heavy atom. The molecule has 7 nitrogen and oxygen atoms in total. The van der Waals surface area contributed by atoms with Crippen molar-refractivity contribution in [2.45, 2.75) is 12.5 Å². The Hall–Kier alpha value is -0.280. The van der Waals surface area contributed by atoms with E-state index in [4.69, 9.17) is 29.8 Å². The quantitative estimate of drug-likeness (QED) is 0.322. The van der Waals surface area contributed by atoms with E-state index < -0.39 is 6.10 Å². The Bertz CT molecular complexity index is 172. The van der Waals surface area contributed by atoms with E-state index in [9.17, 15) is 5.11 Å². The third-order valence-electron chi connectivity index (χ3n) is 2.16. The van der Waals surface area contributed by atoms with E-state index >= 15 is 0 Å². The summed E-state index contributed by atoms with van der Waals surface area (Å²) in [5.74, 6) is 0. The van der Waals surface area contributed by atoms with Gasteiger partial charge in [-0.15, -0.1) is 0 Å². The molecule has 0 radical (unpaired) electrons. The predicted octanol–water partition coefficient (Wildman–Crippen LogP) is -1.25. The Balaban J connectivity index is 2.99. The summed E-state index contributed by atoms with van der Waals surface area (Å²) in [6, 6.07) is 0. The highest BCUT2D eigenvalue weighted by atomic mass is 16.6. The first-order valence-electron chi connectivity index (χ1n) is 6.61. The smallest absolute Gasteiger partial charge is 0.0785 e. The maximum absolute atomic E-state index is 9.32. The highest BCUT2D eigenvalue weighted by molar-refractivity contribution is 4.53. The van der Waals surface area contributed by atoms with Crippen LogP contribution in [0.2, 0.25) is 0 Å². The van der Waals surface area contributed by atoms with Crippen LogP contribution in [0.15, 0.2) is 0 Å². The van der Waals surface area contributed by atoms with Crippen molar-refractivity contribution in [3.8, 4) is 0 Å². The van der Waals surface area contributed by atoms with Crippen LogP contribution >= 0.6 is 0 Å². The Morgan fingerprint density at radius 1 is 0.789 bits per heavy atom. The van der Waals surface area contributed by atoms with Gasteiger partial charge in [0.25, 0.3) is 0 Å². The normalized spacial score (nSPS) is 12.8. The molecule has 0 aliphatic heterocycles. The molecule has 116 valence electrons. The third-order valence-corrected chi connectivity index (χ3v) is 2.16. The van der Waals surface area contributed by atoms with Crippen LogP contribution in [0.4, 0.5) is 0 Å². The molecule has 0 fully saturated rings. The summed E-state index contributed by atoms with van der Waals surface area (Å²) < 4.78 is 20.7. The lowest BCUT2D eigenvalue weighted by atomic mass is 10.3. The molecule has 19 heavy (non-hydrogen) atoms. The van der Waals surface area contributed by atoms with Crippen LogP contribution in [0.5, 0.6) is 0 Å². The molecule has 0 saturated carbocycles. The van der Waals surface area contributed by atoms with Crippen LogP contribution in [0, 0.1) is 0 Å². The monoisotopic (exact) mass is 281 g/mol. The summed E-state index contributed by atoms with van der Waals surface area (Å²) in [5.41, 5.74) is 5.29. The molecule has 4 N–H and O–H groups in total. The lowest BCUT2D eigenvalue weighted by Gasteiger charge is -2.10. The van der Waals surface area contributed by atoms with E-state index in [0.29, 0.717) is 65.8 Å². The van der Waals surface area contributed by atoms with Gasteiger partial charge < -0.3 is 34.9 Å². The number of aliphatic hydroxyl groups is 2. The van der Waals surface area contributed by atoms with Gasteiger partial charge >= 0.3 is 0 Å². The van der Waals surface area contributed by atoms with Gasteiger partial charge in [-0.2, -0.15) is 0 Å². The number of hydrogen-bond donors (Lipinski definition) is 3. The predicted molar refractivity (Wildman–Crippen MR) is 70.0 cm³/mol. The van der Waals surface area contributed by atoms with Crippen molar-refractivity contribution in [1.29, 1.82) is 0 Å². The molecule has 0 aromatic carbocycles. The average molecular weight is 281 g/mol. The molecular formula is C12H27NO6. The standard InChI is InChI=1S/C12H27NO6/c13-2-1-12(15)11-19-10-9-18-8-7-17-6-5-16-4-3-14/h12,14-15H,1-11,13H2. The van der Waals surface area contributed by atoms with Crippen molar-refractivity contribution in [3.63, 3.8) is 0 Å². The molecular weight excluding hydrogens is 254 g/mol. The van der Waals surface area contributed by atoms with Gasteiger partial charge in [0.15, 0.2) is 0 Å². The fourth-order valence-corrected chi connectivity index (χ4v) is 1.22. The first-order chi connectivity index (χ1) is 9.31. The first kappa shape index (κ1) is 18.7.